The number of carbonyl (C=O) groups is 2. The summed E-state index contributed by atoms with van der Waals surface area (Å²) in [4.78, 5) is 24.1. The lowest BCUT2D eigenvalue weighted by molar-refractivity contribution is -0.121. The van der Waals surface area contributed by atoms with Gasteiger partial charge in [0.1, 0.15) is 13.2 Å². The summed E-state index contributed by atoms with van der Waals surface area (Å²) in [5, 5.41) is 3.80. The lowest BCUT2D eigenvalue weighted by atomic mass is 10.1. The van der Waals surface area contributed by atoms with E-state index in [9.17, 15) is 9.59 Å². The number of rotatable bonds is 6. The molecular formula is C19H17Cl2NO4. The molecule has 26 heavy (non-hydrogen) atoms. The second-order valence-electron chi connectivity index (χ2n) is 5.81. The summed E-state index contributed by atoms with van der Waals surface area (Å²) in [6, 6.07) is 10.1. The average Bonchev–Trinajstić information content (AvgIpc) is 2.65. The minimum absolute atomic E-state index is 0.0980. The van der Waals surface area contributed by atoms with Gasteiger partial charge in [0.05, 0.1) is 5.02 Å². The summed E-state index contributed by atoms with van der Waals surface area (Å²) in [6.45, 7) is 1.22. The zero-order valence-corrected chi connectivity index (χ0v) is 15.4. The fourth-order valence-electron chi connectivity index (χ4n) is 2.56. The molecule has 2 aromatic rings. The van der Waals surface area contributed by atoms with Crippen LogP contribution < -0.4 is 14.8 Å². The lowest BCUT2D eigenvalue weighted by Crippen LogP contribution is -2.23. The Labute approximate surface area is 161 Å². The minimum atomic E-state index is -0.210. The van der Waals surface area contributed by atoms with Crippen LogP contribution in [-0.2, 0) is 11.3 Å². The summed E-state index contributed by atoms with van der Waals surface area (Å²) >= 11 is 12.0. The number of hydrogen-bond acceptors (Lipinski definition) is 4. The van der Waals surface area contributed by atoms with E-state index in [0.717, 1.165) is 5.56 Å². The van der Waals surface area contributed by atoms with Crippen molar-refractivity contribution in [1.82, 2.24) is 5.32 Å². The van der Waals surface area contributed by atoms with Crippen molar-refractivity contribution in [3.05, 3.63) is 57.6 Å². The fraction of sp³-hybridized carbons (Fsp3) is 0.263. The zero-order valence-electron chi connectivity index (χ0n) is 13.9. The van der Waals surface area contributed by atoms with E-state index in [4.69, 9.17) is 32.7 Å². The highest BCUT2D eigenvalue weighted by Crippen LogP contribution is 2.38. The third kappa shape index (κ3) is 4.68. The molecule has 1 amide bonds. The first-order valence-electron chi connectivity index (χ1n) is 8.16. The normalized spacial score (nSPS) is 12.5. The van der Waals surface area contributed by atoms with Gasteiger partial charge in [0.15, 0.2) is 17.3 Å². The maximum atomic E-state index is 12.1. The molecular weight excluding hydrogens is 377 g/mol. The number of halogens is 2. The molecule has 0 saturated carbocycles. The number of amides is 1. The van der Waals surface area contributed by atoms with Crippen molar-refractivity contribution < 1.29 is 19.1 Å². The van der Waals surface area contributed by atoms with Gasteiger partial charge in [-0.25, -0.2) is 0 Å². The Bertz CT molecular complexity index is 821. The molecule has 0 saturated heterocycles. The largest absolute Gasteiger partial charge is 0.486 e. The van der Waals surface area contributed by atoms with E-state index in [1.165, 1.54) is 0 Å². The van der Waals surface area contributed by atoms with Crippen molar-refractivity contribution in [2.75, 3.05) is 13.2 Å². The van der Waals surface area contributed by atoms with E-state index >= 15 is 0 Å². The molecule has 1 heterocycles. The van der Waals surface area contributed by atoms with Crippen LogP contribution >= 0.6 is 23.2 Å². The molecule has 0 bridgehead atoms. The Balaban J connectivity index is 1.50. The van der Waals surface area contributed by atoms with Crippen molar-refractivity contribution in [2.24, 2.45) is 0 Å². The van der Waals surface area contributed by atoms with Gasteiger partial charge in [0.2, 0.25) is 5.91 Å². The SMILES string of the molecule is O=C(CCC(=O)c1ccc(Cl)cc1)NCc1cc(Cl)c2c(c1)OCCO2. The first-order chi connectivity index (χ1) is 12.5. The Morgan fingerprint density at radius 1 is 1.00 bits per heavy atom. The van der Waals surface area contributed by atoms with Crippen molar-refractivity contribution in [3.8, 4) is 11.5 Å². The highest BCUT2D eigenvalue weighted by molar-refractivity contribution is 6.32. The molecule has 3 rings (SSSR count). The van der Waals surface area contributed by atoms with Crippen LogP contribution in [0.1, 0.15) is 28.8 Å². The summed E-state index contributed by atoms with van der Waals surface area (Å²) in [5.41, 5.74) is 1.34. The van der Waals surface area contributed by atoms with Crippen LogP contribution in [0.15, 0.2) is 36.4 Å². The van der Waals surface area contributed by atoms with Crippen LogP contribution in [0.3, 0.4) is 0 Å². The van der Waals surface area contributed by atoms with E-state index in [1.54, 1.807) is 36.4 Å². The van der Waals surface area contributed by atoms with Crippen molar-refractivity contribution in [1.29, 1.82) is 0 Å². The fourth-order valence-corrected chi connectivity index (χ4v) is 2.98. The van der Waals surface area contributed by atoms with Crippen LogP contribution in [0.2, 0.25) is 10.0 Å². The van der Waals surface area contributed by atoms with Crippen LogP contribution in [0.25, 0.3) is 0 Å². The van der Waals surface area contributed by atoms with Crippen LogP contribution in [0, 0.1) is 0 Å². The smallest absolute Gasteiger partial charge is 0.220 e. The van der Waals surface area contributed by atoms with E-state index in [2.05, 4.69) is 5.32 Å². The Hall–Kier alpha value is -2.24. The number of ether oxygens (including phenoxy) is 2. The highest BCUT2D eigenvalue weighted by atomic mass is 35.5. The van der Waals surface area contributed by atoms with E-state index < -0.39 is 0 Å². The third-order valence-corrected chi connectivity index (χ3v) is 4.42. The van der Waals surface area contributed by atoms with Crippen molar-refractivity contribution in [3.63, 3.8) is 0 Å². The molecule has 5 nitrogen and oxygen atoms in total. The molecule has 0 aromatic heterocycles. The van der Waals surface area contributed by atoms with Gasteiger partial charge < -0.3 is 14.8 Å². The van der Waals surface area contributed by atoms with Crippen LogP contribution in [0.5, 0.6) is 11.5 Å². The Kier molecular flexibility index (Phi) is 6.01. The number of benzene rings is 2. The van der Waals surface area contributed by atoms with Gasteiger partial charge in [0, 0.05) is 30.0 Å². The average molecular weight is 394 g/mol. The molecule has 136 valence electrons. The van der Waals surface area contributed by atoms with Crippen LogP contribution in [-0.4, -0.2) is 24.9 Å². The van der Waals surface area contributed by atoms with Gasteiger partial charge in [-0.05, 0) is 42.0 Å². The molecule has 2 aromatic carbocycles. The first-order valence-corrected chi connectivity index (χ1v) is 8.92. The monoisotopic (exact) mass is 393 g/mol. The standard InChI is InChI=1S/C19H17Cl2NO4/c20-14-3-1-13(2-4-14)16(23)5-6-18(24)22-11-12-9-15(21)19-17(10-12)25-7-8-26-19/h1-4,9-10H,5-8,11H2,(H,22,24). The molecule has 1 N–H and O–H groups in total. The quantitative estimate of drug-likeness (QED) is 0.751. The van der Waals surface area contributed by atoms with E-state index in [-0.39, 0.29) is 24.5 Å². The number of hydrogen-bond donors (Lipinski definition) is 1. The first kappa shape index (κ1) is 18.5. The molecule has 0 atom stereocenters. The maximum absolute atomic E-state index is 12.1. The number of Topliss-reactive ketones (excluding diaryl/α,β-unsaturated/α-hetero) is 1. The molecule has 1 aliphatic rings. The third-order valence-electron chi connectivity index (χ3n) is 3.89. The predicted octanol–water partition coefficient (Wildman–Crippen LogP) is 4.04. The number of nitrogens with one attached hydrogen (secondary N) is 1. The number of ketones is 1. The van der Waals surface area contributed by atoms with E-state index in [0.29, 0.717) is 46.9 Å². The zero-order chi connectivity index (χ0) is 18.5. The molecule has 0 spiro atoms. The summed E-state index contributed by atoms with van der Waals surface area (Å²) in [6.07, 6.45) is 0.245. The van der Waals surface area contributed by atoms with Gasteiger partial charge in [-0.1, -0.05) is 23.2 Å². The molecule has 7 heteroatoms. The second kappa shape index (κ2) is 8.43. The minimum Gasteiger partial charge on any atom is -0.486 e. The summed E-state index contributed by atoms with van der Waals surface area (Å²) in [5.74, 6) is 0.796. The van der Waals surface area contributed by atoms with Gasteiger partial charge >= 0.3 is 0 Å². The number of fused-ring (bicyclic) bond motifs is 1. The molecule has 0 unspecified atom stereocenters. The van der Waals surface area contributed by atoms with Crippen molar-refractivity contribution >= 4 is 34.9 Å². The maximum Gasteiger partial charge on any atom is 0.220 e. The molecule has 0 aliphatic carbocycles. The summed E-state index contributed by atoms with van der Waals surface area (Å²) < 4.78 is 11.0. The topological polar surface area (TPSA) is 64.6 Å². The summed E-state index contributed by atoms with van der Waals surface area (Å²) in [7, 11) is 0. The Morgan fingerprint density at radius 2 is 1.73 bits per heavy atom. The Morgan fingerprint density at radius 3 is 2.50 bits per heavy atom. The number of carbonyl (C=O) groups excluding carboxylic acids is 2. The van der Waals surface area contributed by atoms with Gasteiger partial charge in [0.25, 0.3) is 0 Å². The van der Waals surface area contributed by atoms with Crippen LogP contribution in [0.4, 0.5) is 0 Å². The second-order valence-corrected chi connectivity index (χ2v) is 6.65. The predicted molar refractivity (Wildman–Crippen MR) is 99.3 cm³/mol. The van der Waals surface area contributed by atoms with Gasteiger partial charge in [-0.3, -0.25) is 9.59 Å². The van der Waals surface area contributed by atoms with E-state index in [1.807, 2.05) is 0 Å². The highest BCUT2D eigenvalue weighted by Gasteiger charge is 2.17. The molecule has 0 fully saturated rings. The van der Waals surface area contributed by atoms with Crippen molar-refractivity contribution in [2.45, 2.75) is 19.4 Å². The lowest BCUT2D eigenvalue weighted by Gasteiger charge is -2.20. The van der Waals surface area contributed by atoms with Gasteiger partial charge in [-0.15, -0.1) is 0 Å². The molecule has 1 aliphatic heterocycles. The van der Waals surface area contributed by atoms with Gasteiger partial charge in [-0.2, -0.15) is 0 Å². The molecule has 0 radical (unpaired) electrons.